The van der Waals surface area contributed by atoms with Gasteiger partial charge in [0.15, 0.2) is 0 Å². The molecule has 3 aromatic carbocycles. The molecule has 0 radical (unpaired) electrons. The third kappa shape index (κ3) is 7.51. The second-order valence-electron chi connectivity index (χ2n) is 15.1. The Morgan fingerprint density at radius 1 is 0.459 bits per heavy atom. The van der Waals surface area contributed by atoms with Crippen LogP contribution in [0.5, 0.6) is 0 Å². The van der Waals surface area contributed by atoms with Crippen molar-refractivity contribution in [2.45, 2.75) is 118 Å². The van der Waals surface area contributed by atoms with E-state index in [9.17, 15) is 0 Å². The number of rotatable bonds is 4. The van der Waals surface area contributed by atoms with E-state index in [4.69, 9.17) is 11.6 Å². The zero-order valence-electron chi connectivity index (χ0n) is 25.5. The van der Waals surface area contributed by atoms with Gasteiger partial charge in [-0.15, -0.1) is 0 Å². The Labute approximate surface area is 232 Å². The van der Waals surface area contributed by atoms with Gasteiger partial charge < -0.3 is 0 Å². The second kappa shape index (κ2) is 10.3. The Balaban J connectivity index is 2.02. The summed E-state index contributed by atoms with van der Waals surface area (Å²) < 4.78 is 0. The van der Waals surface area contributed by atoms with Crippen LogP contribution < -0.4 is 0 Å². The van der Waals surface area contributed by atoms with Crippen molar-refractivity contribution in [3.63, 3.8) is 0 Å². The minimum Gasteiger partial charge on any atom is -0.0837 e. The molecular weight excluding hydrogens is 468 g/mol. The summed E-state index contributed by atoms with van der Waals surface area (Å²) in [5.74, 6) is 0. The molecule has 0 aliphatic carbocycles. The van der Waals surface area contributed by atoms with Gasteiger partial charge in [0.1, 0.15) is 0 Å². The zero-order valence-corrected chi connectivity index (χ0v) is 26.2. The molecule has 200 valence electrons. The summed E-state index contributed by atoms with van der Waals surface area (Å²) in [5, 5.41) is 0.902. The van der Waals surface area contributed by atoms with Gasteiger partial charge in [-0.05, 0) is 79.0 Å². The van der Waals surface area contributed by atoms with E-state index in [1.165, 1.54) is 44.5 Å². The lowest BCUT2D eigenvalue weighted by Gasteiger charge is -2.26. The maximum Gasteiger partial charge on any atom is 0.0476 e. The molecule has 0 spiro atoms. The van der Waals surface area contributed by atoms with E-state index in [0.717, 1.165) is 17.9 Å². The van der Waals surface area contributed by atoms with Crippen molar-refractivity contribution in [3.8, 4) is 0 Å². The first-order valence-electron chi connectivity index (χ1n) is 13.8. The Morgan fingerprint density at radius 2 is 0.730 bits per heavy atom. The molecule has 0 heterocycles. The molecule has 0 aromatic heterocycles. The summed E-state index contributed by atoms with van der Waals surface area (Å²) >= 11 is 7.13. The Kier molecular flexibility index (Phi) is 8.18. The van der Waals surface area contributed by atoms with Crippen LogP contribution in [-0.2, 0) is 34.5 Å². The highest BCUT2D eigenvalue weighted by molar-refractivity contribution is 6.32. The summed E-state index contributed by atoms with van der Waals surface area (Å²) in [6.07, 6.45) is 1.68. The lowest BCUT2D eigenvalue weighted by atomic mass is 9.78. The van der Waals surface area contributed by atoms with Gasteiger partial charge >= 0.3 is 0 Å². The molecule has 0 nitrogen and oxygen atoms in total. The van der Waals surface area contributed by atoms with Gasteiger partial charge in [0, 0.05) is 5.02 Å². The topological polar surface area (TPSA) is 0 Å². The average Bonchev–Trinajstić information content (AvgIpc) is 2.74. The molecule has 0 amide bonds. The van der Waals surface area contributed by atoms with E-state index in [-0.39, 0.29) is 21.7 Å². The summed E-state index contributed by atoms with van der Waals surface area (Å²) in [6.45, 7) is 27.5. The number of hydrogen-bond acceptors (Lipinski definition) is 0. The predicted octanol–water partition coefficient (Wildman–Crippen LogP) is 10.7. The van der Waals surface area contributed by atoms with E-state index in [2.05, 4.69) is 138 Å². The first kappa shape index (κ1) is 29.5. The Hall–Kier alpha value is -2.05. The van der Waals surface area contributed by atoms with Crippen molar-refractivity contribution in [2.24, 2.45) is 0 Å². The molecule has 0 aliphatic rings. The van der Waals surface area contributed by atoms with Crippen molar-refractivity contribution in [3.05, 3.63) is 104 Å². The third-order valence-corrected chi connectivity index (χ3v) is 7.88. The molecule has 37 heavy (non-hydrogen) atoms. The molecule has 0 bridgehead atoms. The third-order valence-electron chi connectivity index (χ3n) is 7.40. The van der Waals surface area contributed by atoms with Gasteiger partial charge in [-0.25, -0.2) is 0 Å². The van der Waals surface area contributed by atoms with E-state index >= 15 is 0 Å². The minimum atomic E-state index is 0.102. The lowest BCUT2D eigenvalue weighted by molar-refractivity contribution is 0.566. The standard InChI is InChI=1S/C36H49Cl/c1-33(2,3)28-18-24(19-29(22-28)34(4,5)6)16-26-14-13-15-27(32(26)37)17-25-20-30(35(7,8)9)23-31(21-25)36(10,11)12/h13-15,18-23H,16-17H2,1-12H3. The van der Waals surface area contributed by atoms with Gasteiger partial charge in [-0.2, -0.15) is 0 Å². The Morgan fingerprint density at radius 3 is 0.973 bits per heavy atom. The average molecular weight is 517 g/mol. The zero-order chi connectivity index (χ0) is 28.0. The highest BCUT2D eigenvalue weighted by Gasteiger charge is 2.22. The summed E-state index contributed by atoms with van der Waals surface area (Å²) in [6, 6.07) is 20.8. The smallest absolute Gasteiger partial charge is 0.0476 e. The molecule has 3 aromatic rings. The molecule has 0 saturated carbocycles. The van der Waals surface area contributed by atoms with Crippen molar-refractivity contribution in [1.82, 2.24) is 0 Å². The first-order chi connectivity index (χ1) is 16.7. The SMILES string of the molecule is CC(C)(C)c1cc(Cc2cccc(Cc3cc(C(C)(C)C)cc(C(C)(C)C)c3)c2Cl)cc(C(C)(C)C)c1. The maximum atomic E-state index is 7.13. The monoisotopic (exact) mass is 516 g/mol. The van der Waals surface area contributed by atoms with Gasteiger partial charge in [0.05, 0.1) is 0 Å². The normalized spacial score (nSPS) is 13.2. The number of hydrogen-bond donors (Lipinski definition) is 0. The Bertz CT molecular complexity index is 1090. The van der Waals surface area contributed by atoms with Crippen LogP contribution in [0.1, 0.15) is 128 Å². The molecule has 1 heteroatoms. The largest absolute Gasteiger partial charge is 0.0837 e. The van der Waals surface area contributed by atoms with Crippen LogP contribution in [-0.4, -0.2) is 0 Å². The van der Waals surface area contributed by atoms with Crippen LogP contribution in [0.2, 0.25) is 5.02 Å². The van der Waals surface area contributed by atoms with Gasteiger partial charge in [0.25, 0.3) is 0 Å². The van der Waals surface area contributed by atoms with E-state index in [1.807, 2.05) is 0 Å². The fourth-order valence-electron chi connectivity index (χ4n) is 4.67. The fraction of sp³-hybridized carbons (Fsp3) is 0.500. The van der Waals surface area contributed by atoms with Crippen molar-refractivity contribution in [2.75, 3.05) is 0 Å². The van der Waals surface area contributed by atoms with E-state index in [1.54, 1.807) is 0 Å². The highest BCUT2D eigenvalue weighted by atomic mass is 35.5. The highest BCUT2D eigenvalue weighted by Crippen LogP contribution is 2.34. The van der Waals surface area contributed by atoms with Crippen LogP contribution in [0.3, 0.4) is 0 Å². The summed E-state index contributed by atoms with van der Waals surface area (Å²) in [4.78, 5) is 0. The number of halogens is 1. The van der Waals surface area contributed by atoms with E-state index in [0.29, 0.717) is 0 Å². The van der Waals surface area contributed by atoms with Gasteiger partial charge in [-0.3, -0.25) is 0 Å². The molecule has 0 saturated heterocycles. The molecule has 0 atom stereocenters. The molecule has 0 unspecified atom stereocenters. The van der Waals surface area contributed by atoms with E-state index < -0.39 is 0 Å². The van der Waals surface area contributed by atoms with Crippen LogP contribution in [0.15, 0.2) is 54.6 Å². The van der Waals surface area contributed by atoms with Gasteiger partial charge in [-0.1, -0.05) is 149 Å². The minimum absolute atomic E-state index is 0.102. The fourth-order valence-corrected chi connectivity index (χ4v) is 4.93. The van der Waals surface area contributed by atoms with Crippen molar-refractivity contribution >= 4 is 11.6 Å². The predicted molar refractivity (Wildman–Crippen MR) is 165 cm³/mol. The molecule has 0 N–H and O–H groups in total. The van der Waals surface area contributed by atoms with Crippen LogP contribution in [0, 0.1) is 0 Å². The molecule has 0 aliphatic heterocycles. The van der Waals surface area contributed by atoms with Crippen LogP contribution >= 0.6 is 11.6 Å². The van der Waals surface area contributed by atoms with Crippen LogP contribution in [0.25, 0.3) is 0 Å². The van der Waals surface area contributed by atoms with Crippen LogP contribution in [0.4, 0.5) is 0 Å². The maximum absolute atomic E-state index is 7.13. The summed E-state index contributed by atoms with van der Waals surface area (Å²) in [7, 11) is 0. The molecular formula is C36H49Cl. The molecule has 0 fully saturated rings. The summed E-state index contributed by atoms with van der Waals surface area (Å²) in [5.41, 5.74) is 11.0. The molecule has 3 rings (SSSR count). The first-order valence-corrected chi connectivity index (χ1v) is 14.2. The quantitative estimate of drug-likeness (QED) is 0.323. The van der Waals surface area contributed by atoms with Crippen molar-refractivity contribution < 1.29 is 0 Å². The second-order valence-corrected chi connectivity index (χ2v) is 15.5. The number of benzene rings is 3. The van der Waals surface area contributed by atoms with Crippen molar-refractivity contribution in [1.29, 1.82) is 0 Å². The lowest BCUT2D eigenvalue weighted by Crippen LogP contribution is -2.17. The van der Waals surface area contributed by atoms with Gasteiger partial charge in [0.2, 0.25) is 0 Å².